The zero-order valence-electron chi connectivity index (χ0n) is 16.0. The molecule has 4 rings (SSSR count). The highest BCUT2D eigenvalue weighted by Gasteiger charge is 2.29. The molecule has 27 heavy (non-hydrogen) atoms. The fourth-order valence-electron chi connectivity index (χ4n) is 4.19. The molecule has 1 unspecified atom stereocenters. The summed E-state index contributed by atoms with van der Waals surface area (Å²) in [6.45, 7) is 6.69. The quantitative estimate of drug-likeness (QED) is 0.492. The number of ketones is 1. The Morgan fingerprint density at radius 3 is 2.74 bits per heavy atom. The van der Waals surface area contributed by atoms with E-state index in [2.05, 4.69) is 64.4 Å². The monoisotopic (exact) mass is 398 g/mol. The zero-order valence-corrected chi connectivity index (χ0v) is 17.6. The van der Waals surface area contributed by atoms with Crippen LogP contribution < -0.4 is 0 Å². The Hall–Kier alpha value is -1.69. The predicted molar refractivity (Wildman–Crippen MR) is 114 cm³/mol. The summed E-state index contributed by atoms with van der Waals surface area (Å²) in [6, 6.07) is 11.1. The number of carbonyl (C=O) groups is 1. The molecule has 3 aromatic heterocycles. The number of carbonyl (C=O) groups excluding carboxylic acids is 1. The Balaban J connectivity index is 1.46. The van der Waals surface area contributed by atoms with Crippen LogP contribution in [0.5, 0.6) is 0 Å². The van der Waals surface area contributed by atoms with Crippen molar-refractivity contribution in [3.05, 3.63) is 67.8 Å². The summed E-state index contributed by atoms with van der Waals surface area (Å²) in [5, 5.41) is 4.26. The van der Waals surface area contributed by atoms with Crippen molar-refractivity contribution in [1.82, 2.24) is 9.47 Å². The van der Waals surface area contributed by atoms with Gasteiger partial charge < -0.3 is 4.57 Å². The molecule has 3 nitrogen and oxygen atoms in total. The van der Waals surface area contributed by atoms with Crippen molar-refractivity contribution in [2.45, 2.75) is 45.7 Å². The third-order valence-electron chi connectivity index (χ3n) is 5.62. The van der Waals surface area contributed by atoms with E-state index >= 15 is 0 Å². The van der Waals surface area contributed by atoms with Crippen LogP contribution in [0.3, 0.4) is 0 Å². The van der Waals surface area contributed by atoms with E-state index in [0.29, 0.717) is 12.6 Å². The number of Topliss-reactive ketones (excluding diaryl/α,β-unsaturated/α-hetero) is 1. The molecule has 0 radical (unpaired) electrons. The van der Waals surface area contributed by atoms with Crippen LogP contribution in [0, 0.1) is 13.8 Å². The Labute approximate surface area is 169 Å². The lowest BCUT2D eigenvalue weighted by atomic mass is 10.1. The van der Waals surface area contributed by atoms with Gasteiger partial charge in [-0.15, -0.1) is 22.7 Å². The molecule has 1 aliphatic rings. The van der Waals surface area contributed by atoms with Gasteiger partial charge >= 0.3 is 0 Å². The van der Waals surface area contributed by atoms with Gasteiger partial charge in [-0.25, -0.2) is 0 Å². The highest BCUT2D eigenvalue weighted by Crippen LogP contribution is 2.34. The highest BCUT2D eigenvalue weighted by molar-refractivity contribution is 7.10. The maximum absolute atomic E-state index is 13.1. The number of nitrogens with zero attached hydrogens (tertiary/aromatic N) is 2. The van der Waals surface area contributed by atoms with E-state index in [1.807, 2.05) is 0 Å². The van der Waals surface area contributed by atoms with Crippen molar-refractivity contribution in [1.29, 1.82) is 0 Å². The van der Waals surface area contributed by atoms with E-state index in [9.17, 15) is 4.79 Å². The molecule has 0 bridgehead atoms. The Morgan fingerprint density at radius 1 is 1.19 bits per heavy atom. The van der Waals surface area contributed by atoms with E-state index in [1.165, 1.54) is 21.9 Å². The second-order valence-electron chi connectivity index (χ2n) is 7.33. The fraction of sp³-hybridized carbons (Fsp3) is 0.409. The molecule has 4 heterocycles. The van der Waals surface area contributed by atoms with Crippen molar-refractivity contribution < 1.29 is 4.79 Å². The minimum absolute atomic E-state index is 0.258. The van der Waals surface area contributed by atoms with E-state index in [-0.39, 0.29) is 5.78 Å². The van der Waals surface area contributed by atoms with Gasteiger partial charge in [0.1, 0.15) is 0 Å². The highest BCUT2D eigenvalue weighted by atomic mass is 32.1. The largest absolute Gasteiger partial charge is 0.348 e. The normalized spacial score (nSPS) is 17.6. The van der Waals surface area contributed by atoms with Gasteiger partial charge in [-0.2, -0.15) is 0 Å². The fourth-order valence-corrected chi connectivity index (χ4v) is 5.79. The Kier molecular flexibility index (Phi) is 5.62. The van der Waals surface area contributed by atoms with Crippen LogP contribution in [0.15, 0.2) is 41.1 Å². The number of aryl methyl sites for hydroxylation is 2. The molecule has 1 aliphatic heterocycles. The molecular formula is C22H26N2OS2. The lowest BCUT2D eigenvalue weighted by molar-refractivity contribution is 0.0922. The average molecular weight is 399 g/mol. The molecule has 0 N–H and O–H groups in total. The van der Waals surface area contributed by atoms with E-state index in [4.69, 9.17) is 0 Å². The summed E-state index contributed by atoms with van der Waals surface area (Å²) in [5.74, 6) is 0.258. The van der Waals surface area contributed by atoms with E-state index < -0.39 is 0 Å². The van der Waals surface area contributed by atoms with Gasteiger partial charge in [0.15, 0.2) is 5.78 Å². The maximum Gasteiger partial charge on any atom is 0.178 e. The molecule has 0 spiro atoms. The van der Waals surface area contributed by atoms with Crippen LogP contribution in [-0.4, -0.2) is 28.3 Å². The van der Waals surface area contributed by atoms with Gasteiger partial charge in [0.05, 0.1) is 6.54 Å². The topological polar surface area (TPSA) is 25.2 Å². The van der Waals surface area contributed by atoms with Crippen LogP contribution in [0.2, 0.25) is 0 Å². The van der Waals surface area contributed by atoms with Crippen LogP contribution in [0.4, 0.5) is 0 Å². The summed E-state index contributed by atoms with van der Waals surface area (Å²) in [5.41, 5.74) is 3.19. The molecule has 1 fully saturated rings. The van der Waals surface area contributed by atoms with Gasteiger partial charge in [-0.1, -0.05) is 12.1 Å². The average Bonchev–Trinajstić information content (AvgIpc) is 3.42. The first-order valence-electron chi connectivity index (χ1n) is 9.63. The molecule has 3 aromatic rings. The Morgan fingerprint density at radius 2 is 2.00 bits per heavy atom. The number of aromatic nitrogens is 1. The van der Waals surface area contributed by atoms with Crippen molar-refractivity contribution in [3.63, 3.8) is 0 Å². The molecule has 0 aromatic carbocycles. The number of likely N-dealkylation sites (tertiary alicyclic amines) is 1. The molecule has 1 atom stereocenters. The first-order chi connectivity index (χ1) is 13.1. The summed E-state index contributed by atoms with van der Waals surface area (Å²) < 4.78 is 2.30. The minimum Gasteiger partial charge on any atom is -0.348 e. The first-order valence-corrected chi connectivity index (χ1v) is 11.4. The summed E-state index contributed by atoms with van der Waals surface area (Å²) >= 11 is 3.61. The first kappa shape index (κ1) is 18.7. The number of hydrogen-bond acceptors (Lipinski definition) is 4. The predicted octanol–water partition coefficient (Wildman–Crippen LogP) is 5.49. The molecule has 0 saturated carbocycles. The van der Waals surface area contributed by atoms with Crippen LogP contribution in [0.25, 0.3) is 0 Å². The molecule has 142 valence electrons. The van der Waals surface area contributed by atoms with Gasteiger partial charge in [0.25, 0.3) is 0 Å². The molecular weight excluding hydrogens is 372 g/mol. The van der Waals surface area contributed by atoms with Crippen molar-refractivity contribution in [2.75, 3.05) is 13.1 Å². The number of hydrogen-bond donors (Lipinski definition) is 0. The van der Waals surface area contributed by atoms with Gasteiger partial charge in [-0.3, -0.25) is 9.69 Å². The van der Waals surface area contributed by atoms with Gasteiger partial charge in [0, 0.05) is 39.3 Å². The summed E-state index contributed by atoms with van der Waals surface area (Å²) in [6.07, 6.45) is 3.36. The Bertz CT molecular complexity index is 893. The smallest absolute Gasteiger partial charge is 0.178 e. The van der Waals surface area contributed by atoms with Crippen LogP contribution in [0.1, 0.15) is 50.4 Å². The molecule has 1 saturated heterocycles. The van der Waals surface area contributed by atoms with Crippen LogP contribution >= 0.6 is 22.7 Å². The zero-order chi connectivity index (χ0) is 18.8. The van der Waals surface area contributed by atoms with Gasteiger partial charge in [0.2, 0.25) is 0 Å². The van der Waals surface area contributed by atoms with Crippen molar-refractivity contribution >= 4 is 28.5 Å². The third-order valence-corrected chi connectivity index (χ3v) is 7.53. The van der Waals surface area contributed by atoms with Crippen LogP contribution in [-0.2, 0) is 13.0 Å². The van der Waals surface area contributed by atoms with Gasteiger partial charge in [-0.05, 0) is 68.6 Å². The third kappa shape index (κ3) is 3.96. The van der Waals surface area contributed by atoms with Crippen molar-refractivity contribution in [3.8, 4) is 0 Å². The second-order valence-corrected chi connectivity index (χ2v) is 9.34. The lowest BCUT2D eigenvalue weighted by Gasteiger charge is -2.22. The standard InChI is InChI=1S/C22H26N2OS2/c1-16-14-19(17(2)24(16)11-9-18-6-4-12-26-18)21(25)15-23-10-3-7-20(23)22-8-5-13-27-22/h4-6,8,12-14,20H,3,7,9-11,15H2,1-2H3. The minimum atomic E-state index is 0.258. The number of thiophene rings is 2. The van der Waals surface area contributed by atoms with E-state index in [0.717, 1.165) is 37.2 Å². The van der Waals surface area contributed by atoms with E-state index in [1.54, 1.807) is 22.7 Å². The maximum atomic E-state index is 13.1. The molecule has 0 aliphatic carbocycles. The summed E-state index contributed by atoms with van der Waals surface area (Å²) in [7, 11) is 0. The summed E-state index contributed by atoms with van der Waals surface area (Å²) in [4.78, 5) is 18.2. The SMILES string of the molecule is Cc1cc(C(=O)CN2CCCC2c2cccs2)c(C)n1CCc1cccs1. The number of rotatable bonds is 7. The second kappa shape index (κ2) is 8.13. The lowest BCUT2D eigenvalue weighted by Crippen LogP contribution is -2.29. The molecule has 5 heteroatoms. The molecule has 0 amide bonds. The van der Waals surface area contributed by atoms with Crippen molar-refractivity contribution in [2.24, 2.45) is 0 Å².